The van der Waals surface area contributed by atoms with Crippen LogP contribution in [0.5, 0.6) is 0 Å². The maximum Gasteiger partial charge on any atom is 0.239 e. The summed E-state index contributed by atoms with van der Waals surface area (Å²) in [5.41, 5.74) is 5.02. The Hall–Kier alpha value is -1.43. The molecule has 106 valence electrons. The van der Waals surface area contributed by atoms with Crippen molar-refractivity contribution in [2.75, 3.05) is 6.54 Å². The van der Waals surface area contributed by atoms with E-state index in [2.05, 4.69) is 22.3 Å². The summed E-state index contributed by atoms with van der Waals surface area (Å²) in [5, 5.41) is 7.72. The minimum absolute atomic E-state index is 0.281. The van der Waals surface area contributed by atoms with Crippen LogP contribution in [0.4, 0.5) is 0 Å². The Bertz CT molecular complexity index is 466. The molecule has 0 bridgehead atoms. The summed E-state index contributed by atoms with van der Waals surface area (Å²) in [5.74, 6) is 1.58. The highest BCUT2D eigenvalue weighted by atomic mass is 16.1. The fraction of sp³-hybridized carbons (Fsp3) is 0.769. The van der Waals surface area contributed by atoms with Gasteiger partial charge in [0.1, 0.15) is 17.2 Å². The summed E-state index contributed by atoms with van der Waals surface area (Å²) in [6, 6.07) is 0. The van der Waals surface area contributed by atoms with Gasteiger partial charge in [-0.3, -0.25) is 4.79 Å². The first-order valence-corrected chi connectivity index (χ1v) is 6.92. The number of nitrogens with one attached hydrogen (secondary N) is 1. The van der Waals surface area contributed by atoms with E-state index >= 15 is 0 Å². The lowest BCUT2D eigenvalue weighted by molar-refractivity contribution is -0.126. The van der Waals surface area contributed by atoms with E-state index in [0.717, 1.165) is 37.5 Å². The average Bonchev–Trinajstić information content (AvgIpc) is 3.12. The second-order valence-corrected chi connectivity index (χ2v) is 5.40. The summed E-state index contributed by atoms with van der Waals surface area (Å²) >= 11 is 0. The lowest BCUT2D eigenvalue weighted by Gasteiger charge is -2.32. The van der Waals surface area contributed by atoms with Crippen LogP contribution in [0.25, 0.3) is 0 Å². The molecule has 1 aliphatic rings. The number of rotatable bonds is 7. The second-order valence-electron chi connectivity index (χ2n) is 5.40. The number of amides is 1. The van der Waals surface area contributed by atoms with Gasteiger partial charge >= 0.3 is 0 Å². The van der Waals surface area contributed by atoms with Crippen LogP contribution in [-0.2, 0) is 11.3 Å². The molecular formula is C13H23N5O. The number of aromatic nitrogens is 3. The quantitative estimate of drug-likeness (QED) is 0.753. The second kappa shape index (κ2) is 5.28. The molecule has 1 saturated carbocycles. The van der Waals surface area contributed by atoms with Crippen LogP contribution in [-0.4, -0.2) is 32.8 Å². The maximum absolute atomic E-state index is 12.0. The molecule has 6 nitrogen and oxygen atoms in total. The molecule has 19 heavy (non-hydrogen) atoms. The predicted octanol–water partition coefficient (Wildman–Crippen LogP) is 0.529. The van der Waals surface area contributed by atoms with Crippen molar-refractivity contribution in [1.82, 2.24) is 20.1 Å². The monoisotopic (exact) mass is 265 g/mol. The van der Waals surface area contributed by atoms with Gasteiger partial charge in [0.25, 0.3) is 0 Å². The minimum Gasteiger partial charge on any atom is -0.368 e. The third-order valence-corrected chi connectivity index (χ3v) is 3.77. The summed E-state index contributed by atoms with van der Waals surface area (Å²) in [6.45, 7) is 7.09. The zero-order valence-electron chi connectivity index (χ0n) is 11.9. The van der Waals surface area contributed by atoms with Gasteiger partial charge < -0.3 is 11.1 Å². The SMILES string of the molecule is CCCNC(Cn1nc(C)nc1C)(C(N)=O)C1CC1. The maximum atomic E-state index is 12.0. The number of aryl methyl sites for hydroxylation is 2. The molecule has 1 aliphatic carbocycles. The van der Waals surface area contributed by atoms with E-state index < -0.39 is 5.54 Å². The third-order valence-electron chi connectivity index (χ3n) is 3.77. The van der Waals surface area contributed by atoms with E-state index in [-0.39, 0.29) is 5.91 Å². The Morgan fingerprint density at radius 2 is 2.21 bits per heavy atom. The van der Waals surface area contributed by atoms with E-state index in [0.29, 0.717) is 12.5 Å². The zero-order valence-corrected chi connectivity index (χ0v) is 11.9. The van der Waals surface area contributed by atoms with Crippen LogP contribution in [0.2, 0.25) is 0 Å². The van der Waals surface area contributed by atoms with Gasteiger partial charge in [-0.05, 0) is 45.6 Å². The molecule has 0 spiro atoms. The highest BCUT2D eigenvalue weighted by Gasteiger charge is 2.50. The average molecular weight is 265 g/mol. The van der Waals surface area contributed by atoms with Crippen molar-refractivity contribution in [3.8, 4) is 0 Å². The molecule has 1 aromatic rings. The van der Waals surface area contributed by atoms with Crippen LogP contribution in [0.1, 0.15) is 37.8 Å². The van der Waals surface area contributed by atoms with E-state index in [1.54, 1.807) is 4.68 Å². The molecule has 0 radical (unpaired) electrons. The fourth-order valence-electron chi connectivity index (χ4n) is 2.57. The zero-order chi connectivity index (χ0) is 14.0. The Morgan fingerprint density at radius 1 is 1.53 bits per heavy atom. The van der Waals surface area contributed by atoms with E-state index in [1.165, 1.54) is 0 Å². The number of primary amides is 1. The van der Waals surface area contributed by atoms with Crippen molar-refractivity contribution >= 4 is 5.91 Å². The fourth-order valence-corrected chi connectivity index (χ4v) is 2.57. The van der Waals surface area contributed by atoms with Crippen LogP contribution in [0, 0.1) is 19.8 Å². The topological polar surface area (TPSA) is 85.8 Å². The highest BCUT2D eigenvalue weighted by Crippen LogP contribution is 2.40. The Balaban J connectivity index is 2.26. The normalized spacial score (nSPS) is 18.3. The van der Waals surface area contributed by atoms with Gasteiger partial charge in [0.05, 0.1) is 6.54 Å². The van der Waals surface area contributed by atoms with Crippen LogP contribution < -0.4 is 11.1 Å². The van der Waals surface area contributed by atoms with Gasteiger partial charge in [-0.25, -0.2) is 9.67 Å². The molecule has 0 aliphatic heterocycles. The van der Waals surface area contributed by atoms with Crippen molar-refractivity contribution in [1.29, 1.82) is 0 Å². The van der Waals surface area contributed by atoms with Crippen molar-refractivity contribution < 1.29 is 4.79 Å². The molecule has 2 rings (SSSR count). The first-order valence-electron chi connectivity index (χ1n) is 6.92. The molecule has 1 heterocycles. The lowest BCUT2D eigenvalue weighted by atomic mass is 9.91. The molecular weight excluding hydrogens is 242 g/mol. The molecule has 1 unspecified atom stereocenters. The summed E-state index contributed by atoms with van der Waals surface area (Å²) < 4.78 is 1.79. The van der Waals surface area contributed by atoms with Crippen LogP contribution in [0.3, 0.4) is 0 Å². The van der Waals surface area contributed by atoms with Gasteiger partial charge in [0, 0.05) is 0 Å². The first kappa shape index (κ1) is 14.0. The van der Waals surface area contributed by atoms with E-state index in [9.17, 15) is 4.79 Å². The van der Waals surface area contributed by atoms with Crippen molar-refractivity contribution in [2.45, 2.75) is 52.1 Å². The van der Waals surface area contributed by atoms with Gasteiger partial charge in [-0.15, -0.1) is 0 Å². The van der Waals surface area contributed by atoms with E-state index in [4.69, 9.17) is 5.73 Å². The van der Waals surface area contributed by atoms with Crippen molar-refractivity contribution in [2.24, 2.45) is 11.7 Å². The lowest BCUT2D eigenvalue weighted by Crippen LogP contribution is -2.60. The molecule has 1 fully saturated rings. The molecule has 0 aromatic carbocycles. The predicted molar refractivity (Wildman–Crippen MR) is 72.4 cm³/mol. The molecule has 3 N–H and O–H groups in total. The van der Waals surface area contributed by atoms with Crippen molar-refractivity contribution in [3.63, 3.8) is 0 Å². The summed E-state index contributed by atoms with van der Waals surface area (Å²) in [4.78, 5) is 16.3. The number of nitrogens with zero attached hydrogens (tertiary/aromatic N) is 3. The molecule has 1 atom stereocenters. The molecule has 1 aromatic heterocycles. The Kier molecular flexibility index (Phi) is 3.89. The third kappa shape index (κ3) is 2.78. The highest BCUT2D eigenvalue weighted by molar-refractivity contribution is 5.85. The number of carbonyl (C=O) groups is 1. The van der Waals surface area contributed by atoms with Crippen LogP contribution in [0.15, 0.2) is 0 Å². The largest absolute Gasteiger partial charge is 0.368 e. The molecule has 6 heteroatoms. The van der Waals surface area contributed by atoms with E-state index in [1.807, 2.05) is 13.8 Å². The van der Waals surface area contributed by atoms with Crippen molar-refractivity contribution in [3.05, 3.63) is 11.6 Å². The molecule has 0 saturated heterocycles. The summed E-state index contributed by atoms with van der Waals surface area (Å²) in [6.07, 6.45) is 3.07. The summed E-state index contributed by atoms with van der Waals surface area (Å²) in [7, 11) is 0. The molecule has 1 amide bonds. The Morgan fingerprint density at radius 3 is 2.63 bits per heavy atom. The van der Waals surface area contributed by atoms with Gasteiger partial charge in [0.2, 0.25) is 5.91 Å². The number of hydrogen-bond donors (Lipinski definition) is 2. The number of hydrogen-bond acceptors (Lipinski definition) is 4. The number of carbonyl (C=O) groups excluding carboxylic acids is 1. The smallest absolute Gasteiger partial charge is 0.239 e. The standard InChI is InChI=1S/C13H23N5O/c1-4-7-15-13(12(14)19,11-5-6-11)8-18-10(3)16-9(2)17-18/h11,15H,4-8H2,1-3H3,(H2,14,19). The van der Waals surface area contributed by atoms with Gasteiger partial charge in [-0.1, -0.05) is 6.92 Å². The minimum atomic E-state index is -0.680. The van der Waals surface area contributed by atoms with Gasteiger partial charge in [0.15, 0.2) is 0 Å². The van der Waals surface area contributed by atoms with Gasteiger partial charge in [-0.2, -0.15) is 5.10 Å². The Labute approximate surface area is 113 Å². The van der Waals surface area contributed by atoms with Crippen LogP contribution >= 0.6 is 0 Å². The first-order chi connectivity index (χ1) is 8.99. The number of nitrogens with two attached hydrogens (primary N) is 1.